The molecule has 0 radical (unpaired) electrons. The lowest BCUT2D eigenvalue weighted by atomic mass is 10.3. The van der Waals surface area contributed by atoms with Crippen LogP contribution in [0.3, 0.4) is 0 Å². The highest BCUT2D eigenvalue weighted by atomic mass is 35.5. The highest BCUT2D eigenvalue weighted by molar-refractivity contribution is 7.92. The second kappa shape index (κ2) is 5.34. The summed E-state index contributed by atoms with van der Waals surface area (Å²) in [5.41, 5.74) is 1.21. The molecule has 0 saturated carbocycles. The van der Waals surface area contributed by atoms with E-state index in [9.17, 15) is 12.8 Å². The predicted molar refractivity (Wildman–Crippen MR) is 73.7 cm³/mol. The lowest BCUT2D eigenvalue weighted by Crippen LogP contribution is -2.17. The highest BCUT2D eigenvalue weighted by Gasteiger charge is 2.20. The second-order valence-corrected chi connectivity index (χ2v) is 6.24. The molecule has 1 N–H and O–H groups in total. The second-order valence-electron chi connectivity index (χ2n) is 4.15. The van der Waals surface area contributed by atoms with Crippen LogP contribution in [0.25, 0.3) is 0 Å². The number of nitrogens with one attached hydrogen (secondary N) is 1. The van der Waals surface area contributed by atoms with Crippen LogP contribution in [0, 0.1) is 19.7 Å². The largest absolute Gasteiger partial charge is 0.267 e. The Morgan fingerprint density at radius 3 is 2.30 bits per heavy atom. The third kappa shape index (κ3) is 3.23. The Hall–Kier alpha value is -1.73. The number of rotatable bonds is 3. The molecule has 0 spiro atoms. The minimum Gasteiger partial charge on any atom is -0.247 e. The van der Waals surface area contributed by atoms with Gasteiger partial charge < -0.3 is 0 Å². The average Bonchev–Trinajstić information content (AvgIpc) is 2.25. The molecule has 0 aliphatic carbocycles. The molecular formula is C12H11ClFN3O2S. The summed E-state index contributed by atoms with van der Waals surface area (Å²) < 4.78 is 40.0. The zero-order valence-electron chi connectivity index (χ0n) is 10.7. The van der Waals surface area contributed by atoms with Crippen LogP contribution in [0.1, 0.15) is 11.4 Å². The van der Waals surface area contributed by atoms with Crippen molar-refractivity contribution in [3.05, 3.63) is 46.5 Å². The van der Waals surface area contributed by atoms with Crippen molar-refractivity contribution in [2.75, 3.05) is 4.72 Å². The highest BCUT2D eigenvalue weighted by Crippen LogP contribution is 2.20. The van der Waals surface area contributed by atoms with Crippen molar-refractivity contribution in [3.8, 4) is 0 Å². The first kappa shape index (κ1) is 14.7. The summed E-state index contributed by atoms with van der Waals surface area (Å²) in [6.45, 7) is 3.41. The molecule has 0 amide bonds. The number of hydrogen-bond donors (Lipinski definition) is 1. The molecule has 0 atom stereocenters. The van der Waals surface area contributed by atoms with E-state index in [1.54, 1.807) is 19.9 Å². The fraction of sp³-hybridized carbons (Fsp3) is 0.167. The van der Waals surface area contributed by atoms with Gasteiger partial charge in [-0.25, -0.2) is 27.5 Å². The van der Waals surface area contributed by atoms with Gasteiger partial charge in [0.1, 0.15) is 10.7 Å². The molecule has 106 valence electrons. The summed E-state index contributed by atoms with van der Waals surface area (Å²) in [4.78, 5) is 7.37. The Kier molecular flexibility index (Phi) is 3.92. The van der Waals surface area contributed by atoms with E-state index in [4.69, 9.17) is 11.6 Å². The molecule has 0 aliphatic rings. The Labute approximate surface area is 120 Å². The van der Waals surface area contributed by atoms with Gasteiger partial charge in [-0.3, -0.25) is 0 Å². The van der Waals surface area contributed by atoms with Crippen LogP contribution in [0.5, 0.6) is 0 Å². The Balaban J connectivity index is 2.40. The van der Waals surface area contributed by atoms with Crippen molar-refractivity contribution in [2.45, 2.75) is 18.7 Å². The molecule has 20 heavy (non-hydrogen) atoms. The molecule has 1 heterocycles. The first-order chi connectivity index (χ1) is 9.28. The van der Waals surface area contributed by atoms with Crippen LogP contribution in [-0.4, -0.2) is 18.4 Å². The maximum Gasteiger partial charge on any atom is 0.267 e. The fourth-order valence-corrected chi connectivity index (χ4v) is 2.80. The van der Waals surface area contributed by atoms with Crippen LogP contribution in [0.4, 0.5) is 10.3 Å². The van der Waals surface area contributed by atoms with E-state index >= 15 is 0 Å². The predicted octanol–water partition coefficient (Wildman–Crippen LogP) is 2.69. The van der Waals surface area contributed by atoms with Crippen LogP contribution in [-0.2, 0) is 10.0 Å². The third-order valence-electron chi connectivity index (χ3n) is 2.39. The van der Waals surface area contributed by atoms with Crippen molar-refractivity contribution in [2.24, 2.45) is 0 Å². The minimum absolute atomic E-state index is 0.100. The van der Waals surface area contributed by atoms with Crippen molar-refractivity contribution in [3.63, 3.8) is 0 Å². The topological polar surface area (TPSA) is 72.0 Å². The summed E-state index contributed by atoms with van der Waals surface area (Å²) in [5, 5.41) is 0.115. The van der Waals surface area contributed by atoms with Crippen molar-refractivity contribution in [1.82, 2.24) is 9.97 Å². The van der Waals surface area contributed by atoms with E-state index in [2.05, 4.69) is 14.7 Å². The average molecular weight is 316 g/mol. The van der Waals surface area contributed by atoms with E-state index in [-0.39, 0.29) is 11.0 Å². The zero-order chi connectivity index (χ0) is 14.9. The van der Waals surface area contributed by atoms with Crippen LogP contribution in [0.15, 0.2) is 29.2 Å². The van der Waals surface area contributed by atoms with Gasteiger partial charge in [0.15, 0.2) is 0 Å². The number of hydrogen-bond acceptors (Lipinski definition) is 4. The molecule has 0 aliphatic heterocycles. The van der Waals surface area contributed by atoms with Gasteiger partial charge in [-0.05, 0) is 38.1 Å². The SMILES string of the molecule is Cc1cc(C)nc(NS(=O)(=O)c2ccc(Cl)cc2F)n1. The maximum atomic E-state index is 13.7. The van der Waals surface area contributed by atoms with Gasteiger partial charge in [-0.2, -0.15) is 0 Å². The fourth-order valence-electron chi connectivity index (χ4n) is 1.64. The Morgan fingerprint density at radius 1 is 1.15 bits per heavy atom. The van der Waals surface area contributed by atoms with Crippen molar-refractivity contribution >= 4 is 27.6 Å². The molecule has 2 aromatic rings. The normalized spacial score (nSPS) is 11.4. The first-order valence-electron chi connectivity index (χ1n) is 5.58. The van der Waals surface area contributed by atoms with Gasteiger partial charge in [-0.1, -0.05) is 11.6 Å². The standard InChI is InChI=1S/C12H11ClFN3O2S/c1-7-5-8(2)16-12(15-7)17-20(18,19)11-4-3-9(13)6-10(11)14/h3-6H,1-2H3,(H,15,16,17). The molecule has 2 rings (SSSR count). The van der Waals surface area contributed by atoms with Crippen LogP contribution in [0.2, 0.25) is 5.02 Å². The maximum absolute atomic E-state index is 13.7. The van der Waals surface area contributed by atoms with Crippen LogP contribution < -0.4 is 4.72 Å². The van der Waals surface area contributed by atoms with Gasteiger partial charge >= 0.3 is 0 Å². The smallest absolute Gasteiger partial charge is 0.247 e. The van der Waals surface area contributed by atoms with E-state index in [1.165, 1.54) is 6.07 Å². The Morgan fingerprint density at radius 2 is 1.75 bits per heavy atom. The number of aryl methyl sites for hydroxylation is 2. The van der Waals surface area contributed by atoms with E-state index in [0.29, 0.717) is 11.4 Å². The van der Waals surface area contributed by atoms with Crippen LogP contribution >= 0.6 is 11.6 Å². The molecule has 8 heteroatoms. The summed E-state index contributed by atoms with van der Waals surface area (Å²) in [5.74, 6) is -1.04. The quantitative estimate of drug-likeness (QED) is 0.945. The van der Waals surface area contributed by atoms with Gasteiger partial charge in [0.05, 0.1) is 0 Å². The molecule has 0 saturated heterocycles. The van der Waals surface area contributed by atoms with Gasteiger partial charge in [-0.15, -0.1) is 0 Å². The van der Waals surface area contributed by atoms with Gasteiger partial charge in [0.2, 0.25) is 5.95 Å². The molecule has 5 nitrogen and oxygen atoms in total. The number of benzene rings is 1. The van der Waals surface area contributed by atoms with E-state index < -0.39 is 20.7 Å². The lowest BCUT2D eigenvalue weighted by molar-refractivity contribution is 0.570. The van der Waals surface area contributed by atoms with E-state index in [0.717, 1.165) is 12.1 Å². The van der Waals surface area contributed by atoms with Gasteiger partial charge in [0.25, 0.3) is 10.0 Å². The summed E-state index contributed by atoms with van der Waals surface area (Å²) in [6.07, 6.45) is 0. The molecule has 0 bridgehead atoms. The number of sulfonamides is 1. The molecule has 0 unspecified atom stereocenters. The summed E-state index contributed by atoms with van der Waals surface area (Å²) in [6, 6.07) is 5.00. The molecular weight excluding hydrogens is 305 g/mol. The number of nitrogens with zero attached hydrogens (tertiary/aromatic N) is 2. The van der Waals surface area contributed by atoms with Crippen molar-refractivity contribution in [1.29, 1.82) is 0 Å². The third-order valence-corrected chi connectivity index (χ3v) is 3.99. The summed E-state index contributed by atoms with van der Waals surface area (Å²) in [7, 11) is -4.10. The number of halogens is 2. The van der Waals surface area contributed by atoms with Crippen molar-refractivity contribution < 1.29 is 12.8 Å². The molecule has 1 aromatic heterocycles. The Bertz CT molecular complexity index is 745. The molecule has 0 fully saturated rings. The summed E-state index contributed by atoms with van der Waals surface area (Å²) >= 11 is 5.59. The number of aromatic nitrogens is 2. The minimum atomic E-state index is -4.10. The zero-order valence-corrected chi connectivity index (χ0v) is 12.3. The van der Waals surface area contributed by atoms with E-state index in [1.807, 2.05) is 0 Å². The first-order valence-corrected chi connectivity index (χ1v) is 7.44. The number of anilines is 1. The van der Waals surface area contributed by atoms with Gasteiger partial charge in [0, 0.05) is 16.4 Å². The lowest BCUT2D eigenvalue weighted by Gasteiger charge is -2.08. The monoisotopic (exact) mass is 315 g/mol. The molecule has 1 aromatic carbocycles.